The molecule has 0 spiro atoms. The molecular weight excluding hydrogens is 351 g/mol. The average Bonchev–Trinajstić information content (AvgIpc) is 3.13. The first kappa shape index (κ1) is 13.5. The van der Waals surface area contributed by atoms with Crippen LogP contribution in [0.1, 0.15) is 44.3 Å². The minimum absolute atomic E-state index is 0.0276. The van der Waals surface area contributed by atoms with Gasteiger partial charge in [0.1, 0.15) is 11.3 Å². The largest absolute Gasteiger partial charge is 0.370 e. The molecule has 1 atom stereocenters. The maximum Gasteiger partial charge on any atom is 0.159 e. The monoisotopic (exact) mass is 366 g/mol. The highest BCUT2D eigenvalue weighted by Gasteiger charge is 2.35. The second-order valence-electron chi connectivity index (χ2n) is 4.20. The molecule has 94 valence electrons. The summed E-state index contributed by atoms with van der Waals surface area (Å²) in [4.78, 5) is 8.99. The summed E-state index contributed by atoms with van der Waals surface area (Å²) >= 11 is 8.35. The lowest BCUT2D eigenvalue weighted by Crippen LogP contribution is -2.13. The zero-order valence-corrected chi connectivity index (χ0v) is 13.0. The summed E-state index contributed by atoms with van der Waals surface area (Å²) in [6.07, 6.45) is 3.31. The van der Waals surface area contributed by atoms with Gasteiger partial charge in [0, 0.05) is 6.61 Å². The van der Waals surface area contributed by atoms with E-state index in [1.54, 1.807) is 0 Å². The van der Waals surface area contributed by atoms with E-state index in [2.05, 4.69) is 39.5 Å². The smallest absolute Gasteiger partial charge is 0.159 e. The van der Waals surface area contributed by atoms with Crippen molar-refractivity contribution in [2.45, 2.75) is 39.2 Å². The van der Waals surface area contributed by atoms with E-state index < -0.39 is 0 Å². The number of halogens is 2. The van der Waals surface area contributed by atoms with Crippen LogP contribution < -0.4 is 0 Å². The van der Waals surface area contributed by atoms with Crippen molar-refractivity contribution in [1.29, 1.82) is 0 Å². The van der Waals surface area contributed by atoms with E-state index in [0.717, 1.165) is 21.5 Å². The third-order valence-corrected chi connectivity index (χ3v) is 4.61. The van der Waals surface area contributed by atoms with Gasteiger partial charge in [-0.3, -0.25) is 0 Å². The first-order valence-electron chi connectivity index (χ1n) is 6.00. The molecule has 2 rings (SSSR count). The Morgan fingerprint density at radius 3 is 2.65 bits per heavy atom. The van der Waals surface area contributed by atoms with Gasteiger partial charge in [-0.25, -0.2) is 9.97 Å². The molecule has 0 amide bonds. The molecule has 1 saturated carbocycles. The standard InChI is InChI=1S/C12H16ClIN2O/c1-3-8-9(14)11(13)16-12(15-8)10(17-4-2)7-5-6-7/h7,10H,3-6H2,1-2H3. The van der Waals surface area contributed by atoms with Gasteiger partial charge in [-0.15, -0.1) is 0 Å². The van der Waals surface area contributed by atoms with Crippen molar-refractivity contribution in [3.8, 4) is 0 Å². The molecule has 1 aromatic rings. The number of ether oxygens (including phenoxy) is 1. The third-order valence-electron chi connectivity index (χ3n) is 2.88. The molecule has 0 N–H and O–H groups in total. The van der Waals surface area contributed by atoms with Gasteiger partial charge >= 0.3 is 0 Å². The number of aromatic nitrogens is 2. The molecule has 5 heteroatoms. The topological polar surface area (TPSA) is 35.0 Å². The fourth-order valence-corrected chi connectivity index (χ4v) is 2.66. The van der Waals surface area contributed by atoms with E-state index in [4.69, 9.17) is 16.3 Å². The van der Waals surface area contributed by atoms with Crippen LogP contribution in [0.5, 0.6) is 0 Å². The van der Waals surface area contributed by atoms with Crippen LogP contribution in [-0.4, -0.2) is 16.6 Å². The quantitative estimate of drug-likeness (QED) is 0.587. The van der Waals surface area contributed by atoms with Crippen molar-refractivity contribution < 1.29 is 4.74 Å². The lowest BCUT2D eigenvalue weighted by atomic mass is 10.2. The number of nitrogens with zero attached hydrogens (tertiary/aromatic N) is 2. The second kappa shape index (κ2) is 5.80. The highest BCUT2D eigenvalue weighted by Crippen LogP contribution is 2.42. The third kappa shape index (κ3) is 3.09. The van der Waals surface area contributed by atoms with Crippen molar-refractivity contribution >= 4 is 34.2 Å². The lowest BCUT2D eigenvalue weighted by Gasteiger charge is -2.16. The van der Waals surface area contributed by atoms with Gasteiger partial charge in [-0.2, -0.15) is 0 Å². The van der Waals surface area contributed by atoms with Crippen molar-refractivity contribution in [2.24, 2.45) is 5.92 Å². The van der Waals surface area contributed by atoms with Crippen LogP contribution in [0.4, 0.5) is 0 Å². The molecule has 1 heterocycles. The van der Waals surface area contributed by atoms with E-state index in [9.17, 15) is 0 Å². The predicted molar refractivity (Wildman–Crippen MR) is 76.2 cm³/mol. The van der Waals surface area contributed by atoms with Gasteiger partial charge in [-0.05, 0) is 54.7 Å². The van der Waals surface area contributed by atoms with Gasteiger partial charge in [0.2, 0.25) is 0 Å². The van der Waals surface area contributed by atoms with Gasteiger partial charge in [0.15, 0.2) is 5.82 Å². The fourth-order valence-electron chi connectivity index (χ4n) is 1.84. The minimum atomic E-state index is 0.0276. The SMILES string of the molecule is CCOC(c1nc(Cl)c(I)c(CC)n1)C1CC1. The number of rotatable bonds is 5. The van der Waals surface area contributed by atoms with Crippen molar-refractivity contribution in [2.75, 3.05) is 6.61 Å². The van der Waals surface area contributed by atoms with Crippen LogP contribution in [0.25, 0.3) is 0 Å². The molecule has 17 heavy (non-hydrogen) atoms. The maximum absolute atomic E-state index is 6.15. The van der Waals surface area contributed by atoms with Gasteiger partial charge in [0.25, 0.3) is 0 Å². The average molecular weight is 367 g/mol. The predicted octanol–water partition coefficient (Wildman–Crippen LogP) is 3.78. The highest BCUT2D eigenvalue weighted by molar-refractivity contribution is 14.1. The summed E-state index contributed by atoms with van der Waals surface area (Å²) in [6, 6.07) is 0. The summed E-state index contributed by atoms with van der Waals surface area (Å²) in [5, 5.41) is 0.554. The van der Waals surface area contributed by atoms with Crippen LogP contribution in [0.15, 0.2) is 0 Å². The molecule has 1 aromatic heterocycles. The number of hydrogen-bond donors (Lipinski definition) is 0. The van der Waals surface area contributed by atoms with Crippen LogP contribution >= 0.6 is 34.2 Å². The molecule has 1 aliphatic carbocycles. The van der Waals surface area contributed by atoms with Crippen LogP contribution in [0.3, 0.4) is 0 Å². The van der Waals surface area contributed by atoms with E-state index in [1.807, 2.05) is 6.92 Å². The van der Waals surface area contributed by atoms with E-state index in [-0.39, 0.29) is 6.10 Å². The lowest BCUT2D eigenvalue weighted by molar-refractivity contribution is 0.0398. The normalized spacial score (nSPS) is 17.2. The summed E-state index contributed by atoms with van der Waals surface area (Å²) in [5.41, 5.74) is 1.02. The molecule has 3 nitrogen and oxygen atoms in total. The molecule has 0 aromatic carbocycles. The van der Waals surface area contributed by atoms with Crippen molar-refractivity contribution in [1.82, 2.24) is 9.97 Å². The van der Waals surface area contributed by atoms with Crippen LogP contribution in [0.2, 0.25) is 5.15 Å². The van der Waals surface area contributed by atoms with Gasteiger partial charge < -0.3 is 4.74 Å². The second-order valence-corrected chi connectivity index (χ2v) is 5.64. The minimum Gasteiger partial charge on any atom is -0.370 e. The Kier molecular flexibility index (Phi) is 4.60. The van der Waals surface area contributed by atoms with Crippen LogP contribution in [0, 0.1) is 9.49 Å². The first-order valence-corrected chi connectivity index (χ1v) is 7.46. The Hall–Kier alpha value is 0.0600. The number of aryl methyl sites for hydroxylation is 1. The van der Waals surface area contributed by atoms with E-state index in [0.29, 0.717) is 17.7 Å². The molecule has 0 radical (unpaired) electrons. The molecular formula is C12H16ClIN2O. The Bertz CT molecular complexity index is 410. The Morgan fingerprint density at radius 1 is 1.41 bits per heavy atom. The van der Waals surface area contributed by atoms with E-state index in [1.165, 1.54) is 12.8 Å². The van der Waals surface area contributed by atoms with E-state index >= 15 is 0 Å². The van der Waals surface area contributed by atoms with Gasteiger partial charge in [-0.1, -0.05) is 18.5 Å². The fraction of sp³-hybridized carbons (Fsp3) is 0.667. The summed E-state index contributed by atoms with van der Waals surface area (Å²) < 4.78 is 6.72. The molecule has 1 unspecified atom stereocenters. The highest BCUT2D eigenvalue weighted by atomic mass is 127. The first-order chi connectivity index (χ1) is 8.17. The molecule has 0 bridgehead atoms. The number of hydrogen-bond acceptors (Lipinski definition) is 3. The maximum atomic E-state index is 6.15. The Morgan fingerprint density at radius 2 is 2.12 bits per heavy atom. The summed E-state index contributed by atoms with van der Waals surface area (Å²) in [5.74, 6) is 1.34. The van der Waals surface area contributed by atoms with Crippen molar-refractivity contribution in [3.63, 3.8) is 0 Å². The summed E-state index contributed by atoms with van der Waals surface area (Å²) in [6.45, 7) is 4.78. The Balaban J connectivity index is 2.32. The zero-order valence-electron chi connectivity index (χ0n) is 10.0. The molecule has 1 aliphatic rings. The molecule has 0 aliphatic heterocycles. The zero-order chi connectivity index (χ0) is 12.4. The van der Waals surface area contributed by atoms with Gasteiger partial charge in [0.05, 0.1) is 9.26 Å². The molecule has 0 saturated heterocycles. The Labute approximate surface area is 120 Å². The van der Waals surface area contributed by atoms with Crippen molar-refractivity contribution in [3.05, 3.63) is 20.2 Å². The van der Waals surface area contributed by atoms with Crippen LogP contribution in [-0.2, 0) is 11.2 Å². The molecule has 1 fully saturated rings. The summed E-state index contributed by atoms with van der Waals surface area (Å²) in [7, 11) is 0.